The summed E-state index contributed by atoms with van der Waals surface area (Å²) in [4.78, 5) is 14.1. The van der Waals surface area contributed by atoms with Crippen LogP contribution in [0.25, 0.3) is 0 Å². The van der Waals surface area contributed by atoms with Crippen LogP contribution in [0.3, 0.4) is 0 Å². The number of rotatable bonds is 4. The van der Waals surface area contributed by atoms with E-state index >= 15 is 0 Å². The van der Waals surface area contributed by atoms with E-state index in [4.69, 9.17) is 4.74 Å². The highest BCUT2D eigenvalue weighted by molar-refractivity contribution is 5.77. The van der Waals surface area contributed by atoms with E-state index in [2.05, 4.69) is 26.1 Å². The Hall–Kier alpha value is -0.750. The molecule has 0 spiro atoms. The summed E-state index contributed by atoms with van der Waals surface area (Å²) in [5.41, 5.74) is -0.508. The van der Waals surface area contributed by atoms with Gasteiger partial charge in [-0.25, -0.2) is 8.78 Å². The molecule has 0 radical (unpaired) electrons. The topological polar surface area (TPSA) is 41.6 Å². The molecule has 2 heterocycles. The molecule has 0 aromatic rings. The van der Waals surface area contributed by atoms with Crippen LogP contribution in [-0.4, -0.2) is 56.6 Å². The number of halogens is 2. The van der Waals surface area contributed by atoms with Gasteiger partial charge in [-0.15, -0.1) is 0 Å². The van der Waals surface area contributed by atoms with Gasteiger partial charge in [0.05, 0.1) is 25.6 Å². The molecule has 0 aromatic carbocycles. The van der Waals surface area contributed by atoms with Crippen molar-refractivity contribution in [2.75, 3.05) is 39.8 Å². The zero-order valence-electron chi connectivity index (χ0n) is 14.0. The Morgan fingerprint density at radius 3 is 2.50 bits per heavy atom. The molecule has 128 valence electrons. The van der Waals surface area contributed by atoms with Crippen molar-refractivity contribution in [3.8, 4) is 0 Å². The van der Waals surface area contributed by atoms with E-state index in [0.29, 0.717) is 25.4 Å². The lowest BCUT2D eigenvalue weighted by Crippen LogP contribution is -2.58. The van der Waals surface area contributed by atoms with E-state index in [9.17, 15) is 13.6 Å². The third-order valence-corrected chi connectivity index (χ3v) is 5.15. The van der Waals surface area contributed by atoms with Crippen molar-refractivity contribution in [1.82, 2.24) is 10.2 Å². The minimum Gasteiger partial charge on any atom is -0.469 e. The number of nitrogens with one attached hydrogen (secondary N) is 1. The molecule has 0 amide bonds. The first-order valence-electron chi connectivity index (χ1n) is 7.97. The summed E-state index contributed by atoms with van der Waals surface area (Å²) in [6, 6.07) is 0. The summed E-state index contributed by atoms with van der Waals surface area (Å²) < 4.78 is 30.9. The van der Waals surface area contributed by atoms with Crippen LogP contribution in [0.15, 0.2) is 0 Å². The van der Waals surface area contributed by atoms with E-state index < -0.39 is 11.3 Å². The molecule has 0 saturated carbocycles. The van der Waals surface area contributed by atoms with Gasteiger partial charge in [0.15, 0.2) is 0 Å². The number of likely N-dealkylation sites (tertiary alicyclic amines) is 1. The molecule has 0 aliphatic carbocycles. The van der Waals surface area contributed by atoms with Crippen LogP contribution in [0.1, 0.15) is 33.6 Å². The number of hydrogen-bond acceptors (Lipinski definition) is 4. The van der Waals surface area contributed by atoms with Crippen molar-refractivity contribution in [2.45, 2.75) is 39.5 Å². The third kappa shape index (κ3) is 3.77. The maximum atomic E-state index is 12.9. The number of alkyl halides is 2. The Morgan fingerprint density at radius 1 is 1.36 bits per heavy atom. The van der Waals surface area contributed by atoms with Crippen LogP contribution in [0.5, 0.6) is 0 Å². The third-order valence-electron chi connectivity index (χ3n) is 5.15. The summed E-state index contributed by atoms with van der Waals surface area (Å²) in [6.45, 7) is 8.08. The van der Waals surface area contributed by atoms with Gasteiger partial charge in [-0.3, -0.25) is 9.69 Å². The van der Waals surface area contributed by atoms with Gasteiger partial charge in [0.1, 0.15) is 0 Å². The predicted octanol–water partition coefficient (Wildman–Crippen LogP) is 2.14. The van der Waals surface area contributed by atoms with Crippen LogP contribution in [0.2, 0.25) is 0 Å². The fourth-order valence-corrected chi connectivity index (χ4v) is 3.52. The standard InChI is InChI=1S/C16H28F2N2O2/c1-14(2,3)12-7-15(9-19-8-12,13(21)22-4)5-6-20-10-16(17,18)11-20/h12,19H,5-11H2,1-4H3/t12-,15-/m1/s1. The fraction of sp³-hybridized carbons (Fsp3) is 0.938. The molecule has 2 fully saturated rings. The summed E-state index contributed by atoms with van der Waals surface area (Å²) in [7, 11) is 1.41. The Balaban J connectivity index is 2.03. The number of piperidine rings is 1. The van der Waals surface area contributed by atoms with Gasteiger partial charge in [-0.2, -0.15) is 0 Å². The maximum absolute atomic E-state index is 12.9. The normalized spacial score (nSPS) is 32.4. The second-order valence-corrected chi connectivity index (χ2v) is 7.99. The second kappa shape index (κ2) is 6.04. The number of carbonyl (C=O) groups is 1. The lowest BCUT2D eigenvalue weighted by molar-refractivity contribution is -0.159. The highest BCUT2D eigenvalue weighted by Crippen LogP contribution is 2.42. The number of esters is 1. The summed E-state index contributed by atoms with van der Waals surface area (Å²) in [5, 5.41) is 3.36. The van der Waals surface area contributed by atoms with E-state index in [1.807, 2.05) is 0 Å². The lowest BCUT2D eigenvalue weighted by atomic mass is 9.66. The number of ether oxygens (including phenoxy) is 1. The lowest BCUT2D eigenvalue weighted by Gasteiger charge is -2.46. The number of carbonyl (C=O) groups excluding carboxylic acids is 1. The minimum atomic E-state index is -2.56. The van der Waals surface area contributed by atoms with Gasteiger partial charge in [0, 0.05) is 6.54 Å². The van der Waals surface area contributed by atoms with Crippen LogP contribution in [-0.2, 0) is 9.53 Å². The van der Waals surface area contributed by atoms with Crippen molar-refractivity contribution in [1.29, 1.82) is 0 Å². The Kier molecular flexibility index (Phi) is 4.83. The first-order chi connectivity index (χ1) is 10.1. The van der Waals surface area contributed by atoms with Crippen molar-refractivity contribution < 1.29 is 18.3 Å². The summed E-state index contributed by atoms with van der Waals surface area (Å²) in [6.07, 6.45) is 1.32. The van der Waals surface area contributed by atoms with Crippen molar-refractivity contribution >= 4 is 5.97 Å². The fourth-order valence-electron chi connectivity index (χ4n) is 3.52. The SMILES string of the molecule is COC(=O)[C@@]1(CCN2CC(F)(F)C2)CNC[C@H](C(C)(C)C)C1. The van der Waals surface area contributed by atoms with Crippen LogP contribution < -0.4 is 5.32 Å². The Morgan fingerprint density at radius 2 is 2.00 bits per heavy atom. The van der Waals surface area contributed by atoms with Crippen LogP contribution >= 0.6 is 0 Å². The van der Waals surface area contributed by atoms with Gasteiger partial charge < -0.3 is 10.1 Å². The Bertz CT molecular complexity index is 415. The number of hydrogen-bond donors (Lipinski definition) is 1. The molecule has 0 unspecified atom stereocenters. The van der Waals surface area contributed by atoms with Crippen molar-refractivity contribution in [3.63, 3.8) is 0 Å². The van der Waals surface area contributed by atoms with E-state index in [1.54, 1.807) is 4.90 Å². The summed E-state index contributed by atoms with van der Waals surface area (Å²) >= 11 is 0. The highest BCUT2D eigenvalue weighted by Gasteiger charge is 2.48. The molecule has 1 N–H and O–H groups in total. The zero-order valence-corrected chi connectivity index (χ0v) is 14.0. The first kappa shape index (κ1) is 17.6. The molecule has 0 bridgehead atoms. The van der Waals surface area contributed by atoms with Gasteiger partial charge in [-0.05, 0) is 37.3 Å². The maximum Gasteiger partial charge on any atom is 0.313 e. The molecule has 4 nitrogen and oxygen atoms in total. The number of nitrogens with zero attached hydrogens (tertiary/aromatic N) is 1. The Labute approximate surface area is 131 Å². The van der Waals surface area contributed by atoms with E-state index in [0.717, 1.165) is 13.0 Å². The molecule has 6 heteroatoms. The van der Waals surface area contributed by atoms with Crippen LogP contribution in [0.4, 0.5) is 8.78 Å². The van der Waals surface area contributed by atoms with Gasteiger partial charge in [-0.1, -0.05) is 20.8 Å². The average molecular weight is 318 g/mol. The molecular formula is C16H28F2N2O2. The molecule has 2 aliphatic heterocycles. The van der Waals surface area contributed by atoms with Gasteiger partial charge in [0.25, 0.3) is 5.92 Å². The largest absolute Gasteiger partial charge is 0.469 e. The molecule has 2 aliphatic rings. The quantitative estimate of drug-likeness (QED) is 0.807. The molecule has 2 saturated heterocycles. The zero-order chi connectivity index (χ0) is 16.6. The molecule has 2 rings (SSSR count). The predicted molar refractivity (Wildman–Crippen MR) is 80.9 cm³/mol. The summed E-state index contributed by atoms with van der Waals surface area (Å²) in [5.74, 6) is -2.42. The van der Waals surface area contributed by atoms with Crippen molar-refractivity contribution in [2.24, 2.45) is 16.7 Å². The molecule has 0 aromatic heterocycles. The smallest absolute Gasteiger partial charge is 0.313 e. The first-order valence-corrected chi connectivity index (χ1v) is 7.97. The van der Waals surface area contributed by atoms with Gasteiger partial charge in [0.2, 0.25) is 0 Å². The van der Waals surface area contributed by atoms with E-state index in [-0.39, 0.29) is 24.5 Å². The number of methoxy groups -OCH3 is 1. The van der Waals surface area contributed by atoms with E-state index in [1.165, 1.54) is 7.11 Å². The monoisotopic (exact) mass is 318 g/mol. The van der Waals surface area contributed by atoms with Crippen LogP contribution in [0, 0.1) is 16.7 Å². The highest BCUT2D eigenvalue weighted by atomic mass is 19.3. The second-order valence-electron chi connectivity index (χ2n) is 7.99. The van der Waals surface area contributed by atoms with Crippen molar-refractivity contribution in [3.05, 3.63) is 0 Å². The van der Waals surface area contributed by atoms with Gasteiger partial charge >= 0.3 is 5.97 Å². The molecule has 22 heavy (non-hydrogen) atoms. The minimum absolute atomic E-state index is 0.0937. The molecule has 2 atom stereocenters. The average Bonchev–Trinajstić information content (AvgIpc) is 2.41. The molecular weight excluding hydrogens is 290 g/mol.